The molecular formula is C12H15N3O. The Morgan fingerprint density at radius 1 is 1.38 bits per heavy atom. The van der Waals surface area contributed by atoms with Crippen molar-refractivity contribution >= 4 is 11.6 Å². The number of carbonyl (C=O) groups is 1. The van der Waals surface area contributed by atoms with Crippen LogP contribution < -0.4 is 5.43 Å². The zero-order valence-corrected chi connectivity index (χ0v) is 9.53. The summed E-state index contributed by atoms with van der Waals surface area (Å²) in [4.78, 5) is 13.8. The minimum atomic E-state index is -0.0284. The molecule has 0 saturated carbocycles. The van der Waals surface area contributed by atoms with Gasteiger partial charge in [-0.15, -0.1) is 0 Å². The highest BCUT2D eigenvalue weighted by Crippen LogP contribution is 2.16. The third kappa shape index (κ3) is 1.78. The zero-order chi connectivity index (χ0) is 11.5. The van der Waals surface area contributed by atoms with Gasteiger partial charge in [0.1, 0.15) is 0 Å². The topological polar surface area (TPSA) is 44.7 Å². The Kier molecular flexibility index (Phi) is 2.90. The number of hydrazone groups is 1. The molecule has 16 heavy (non-hydrogen) atoms. The molecule has 1 aliphatic heterocycles. The molecule has 0 unspecified atom stereocenters. The molecule has 4 heteroatoms. The van der Waals surface area contributed by atoms with E-state index in [0.29, 0.717) is 5.71 Å². The maximum absolute atomic E-state index is 12.1. The average molecular weight is 217 g/mol. The fourth-order valence-corrected chi connectivity index (χ4v) is 1.87. The van der Waals surface area contributed by atoms with Gasteiger partial charge in [0, 0.05) is 26.2 Å². The Bertz CT molecular complexity index is 440. The number of hydrogen-bond donors (Lipinski definition) is 1. The van der Waals surface area contributed by atoms with E-state index in [1.54, 1.807) is 19.0 Å². The van der Waals surface area contributed by atoms with E-state index in [1.165, 1.54) is 5.56 Å². The van der Waals surface area contributed by atoms with E-state index in [-0.39, 0.29) is 5.91 Å². The van der Waals surface area contributed by atoms with Gasteiger partial charge in [-0.05, 0) is 12.0 Å². The van der Waals surface area contributed by atoms with Crippen molar-refractivity contribution in [3.05, 3.63) is 35.4 Å². The van der Waals surface area contributed by atoms with Crippen LogP contribution in [0.3, 0.4) is 0 Å². The second kappa shape index (κ2) is 4.35. The van der Waals surface area contributed by atoms with Crippen molar-refractivity contribution in [1.82, 2.24) is 10.3 Å². The number of rotatable bonds is 1. The fourth-order valence-electron chi connectivity index (χ4n) is 1.87. The molecule has 1 aliphatic rings. The van der Waals surface area contributed by atoms with Crippen LogP contribution in [0.25, 0.3) is 0 Å². The Labute approximate surface area is 95.0 Å². The van der Waals surface area contributed by atoms with Gasteiger partial charge in [-0.3, -0.25) is 4.79 Å². The summed E-state index contributed by atoms with van der Waals surface area (Å²) in [6, 6.07) is 7.92. The summed E-state index contributed by atoms with van der Waals surface area (Å²) in [5, 5.41) is 4.09. The van der Waals surface area contributed by atoms with Gasteiger partial charge in [0.05, 0.1) is 0 Å². The first-order valence-corrected chi connectivity index (χ1v) is 5.32. The molecule has 0 fully saturated rings. The smallest absolute Gasteiger partial charge is 0.274 e. The molecule has 0 saturated heterocycles. The minimum absolute atomic E-state index is 0.0284. The third-order valence-electron chi connectivity index (χ3n) is 2.76. The summed E-state index contributed by atoms with van der Waals surface area (Å²) in [6.45, 7) is 0.735. The molecule has 0 radical (unpaired) electrons. The molecule has 0 aliphatic carbocycles. The Hall–Kier alpha value is -1.84. The van der Waals surface area contributed by atoms with E-state index >= 15 is 0 Å². The van der Waals surface area contributed by atoms with Crippen LogP contribution in [0.4, 0.5) is 0 Å². The van der Waals surface area contributed by atoms with E-state index in [0.717, 1.165) is 18.5 Å². The molecule has 84 valence electrons. The second-order valence-electron chi connectivity index (χ2n) is 3.82. The Balaban J connectivity index is 2.54. The number of amides is 1. The first-order valence-electron chi connectivity index (χ1n) is 5.32. The van der Waals surface area contributed by atoms with Gasteiger partial charge in [-0.1, -0.05) is 24.3 Å². The summed E-state index contributed by atoms with van der Waals surface area (Å²) in [6.07, 6.45) is 0.876. The predicted molar refractivity (Wildman–Crippen MR) is 63.4 cm³/mol. The van der Waals surface area contributed by atoms with Gasteiger partial charge in [-0.25, -0.2) is 0 Å². The van der Waals surface area contributed by atoms with Crippen LogP contribution in [0.5, 0.6) is 0 Å². The molecule has 0 bridgehead atoms. The largest absolute Gasteiger partial charge is 0.340 e. The molecule has 0 spiro atoms. The van der Waals surface area contributed by atoms with Crippen molar-refractivity contribution in [2.75, 3.05) is 20.6 Å². The highest BCUT2D eigenvalue weighted by Gasteiger charge is 2.24. The molecule has 0 aromatic heterocycles. The van der Waals surface area contributed by atoms with Gasteiger partial charge in [0.25, 0.3) is 5.91 Å². The van der Waals surface area contributed by atoms with Gasteiger partial charge in [0.15, 0.2) is 5.71 Å². The first-order chi connectivity index (χ1) is 7.74. The van der Waals surface area contributed by atoms with Gasteiger partial charge < -0.3 is 10.3 Å². The summed E-state index contributed by atoms with van der Waals surface area (Å²) in [7, 11) is 3.51. The molecule has 1 heterocycles. The predicted octanol–water partition coefficient (Wildman–Crippen LogP) is 0.625. The average Bonchev–Trinajstić information content (AvgIpc) is 2.42. The van der Waals surface area contributed by atoms with E-state index in [4.69, 9.17) is 0 Å². The second-order valence-corrected chi connectivity index (χ2v) is 3.82. The standard InChI is InChI=1S/C12H15N3O/c1-13-14-11-10-6-4-3-5-9(10)7-8-15(2)12(11)16/h3-6,13H,7-8H2,1-2H3. The van der Waals surface area contributed by atoms with Crippen LogP contribution in [0, 0.1) is 0 Å². The van der Waals surface area contributed by atoms with E-state index in [9.17, 15) is 4.79 Å². The van der Waals surface area contributed by atoms with Crippen molar-refractivity contribution < 1.29 is 4.79 Å². The lowest BCUT2D eigenvalue weighted by atomic mass is 10.0. The highest BCUT2D eigenvalue weighted by molar-refractivity contribution is 6.45. The minimum Gasteiger partial charge on any atom is -0.340 e. The molecule has 4 nitrogen and oxygen atoms in total. The lowest BCUT2D eigenvalue weighted by molar-refractivity contribution is -0.122. The summed E-state index contributed by atoms with van der Waals surface area (Å²) in [5.41, 5.74) is 5.31. The van der Waals surface area contributed by atoms with Crippen LogP contribution in [-0.4, -0.2) is 37.2 Å². The molecule has 0 atom stereocenters. The maximum atomic E-state index is 12.1. The maximum Gasteiger partial charge on any atom is 0.274 e. The van der Waals surface area contributed by atoms with Crippen LogP contribution in [0.15, 0.2) is 29.4 Å². The number of benzene rings is 1. The molecule has 1 aromatic carbocycles. The van der Waals surface area contributed by atoms with Gasteiger partial charge in [-0.2, -0.15) is 5.10 Å². The van der Waals surface area contributed by atoms with Crippen molar-refractivity contribution in [1.29, 1.82) is 0 Å². The highest BCUT2D eigenvalue weighted by atomic mass is 16.2. The van der Waals surface area contributed by atoms with Crippen molar-refractivity contribution in [3.63, 3.8) is 0 Å². The SMILES string of the molecule is CNN=C1C(=O)N(C)CCc2ccccc21. The van der Waals surface area contributed by atoms with Crippen LogP contribution in [0.1, 0.15) is 11.1 Å². The fraction of sp³-hybridized carbons (Fsp3) is 0.333. The van der Waals surface area contributed by atoms with Crippen LogP contribution in [-0.2, 0) is 11.2 Å². The third-order valence-corrected chi connectivity index (χ3v) is 2.76. The van der Waals surface area contributed by atoms with Crippen molar-refractivity contribution in [2.24, 2.45) is 5.10 Å². The van der Waals surface area contributed by atoms with Crippen LogP contribution in [0.2, 0.25) is 0 Å². The first kappa shape index (κ1) is 10.7. The van der Waals surface area contributed by atoms with E-state index in [2.05, 4.69) is 10.5 Å². The number of hydrogen-bond acceptors (Lipinski definition) is 3. The number of nitrogens with one attached hydrogen (secondary N) is 1. The molecule has 1 N–H and O–H groups in total. The lowest BCUT2D eigenvalue weighted by Crippen LogP contribution is -2.33. The number of likely N-dealkylation sites (N-methyl/N-ethyl adjacent to an activating group) is 1. The molecule has 1 aromatic rings. The van der Waals surface area contributed by atoms with E-state index < -0.39 is 0 Å². The summed E-state index contributed by atoms with van der Waals surface area (Å²) in [5.74, 6) is -0.0284. The molecule has 2 rings (SSSR count). The number of fused-ring (bicyclic) bond motifs is 1. The normalized spacial score (nSPS) is 18.2. The van der Waals surface area contributed by atoms with E-state index in [1.807, 2.05) is 24.3 Å². The van der Waals surface area contributed by atoms with Crippen molar-refractivity contribution in [2.45, 2.75) is 6.42 Å². The summed E-state index contributed by atoms with van der Waals surface area (Å²) >= 11 is 0. The van der Waals surface area contributed by atoms with Crippen LogP contribution >= 0.6 is 0 Å². The molecular weight excluding hydrogens is 202 g/mol. The monoisotopic (exact) mass is 217 g/mol. The zero-order valence-electron chi connectivity index (χ0n) is 9.53. The number of nitrogens with zero attached hydrogens (tertiary/aromatic N) is 2. The number of carbonyl (C=O) groups excluding carboxylic acids is 1. The van der Waals surface area contributed by atoms with Crippen molar-refractivity contribution in [3.8, 4) is 0 Å². The molecule has 1 amide bonds. The Morgan fingerprint density at radius 3 is 2.88 bits per heavy atom. The lowest BCUT2D eigenvalue weighted by Gasteiger charge is -2.13. The van der Waals surface area contributed by atoms with Gasteiger partial charge >= 0.3 is 0 Å². The van der Waals surface area contributed by atoms with Gasteiger partial charge in [0.2, 0.25) is 0 Å². The quantitative estimate of drug-likeness (QED) is 0.701. The summed E-state index contributed by atoms with van der Waals surface area (Å²) < 4.78 is 0. The Morgan fingerprint density at radius 2 is 2.12 bits per heavy atom.